The Morgan fingerprint density at radius 3 is 1.59 bits per heavy atom. The van der Waals surface area contributed by atoms with Crippen LogP contribution in [0.5, 0.6) is 0 Å². The first-order valence-electron chi connectivity index (χ1n) is 24.0. The summed E-state index contributed by atoms with van der Waals surface area (Å²) in [5.41, 5.74) is 19.9. The van der Waals surface area contributed by atoms with Crippen LogP contribution in [0, 0.1) is 6.92 Å². The number of thiophene rings is 2. The predicted molar refractivity (Wildman–Crippen MR) is 284 cm³/mol. The molecule has 64 heavy (non-hydrogen) atoms. The fraction of sp³-hybridized carbons (Fsp3) is 0.424. The molecule has 5 aromatic carbocycles. The van der Waals surface area contributed by atoms with E-state index < -0.39 is 0 Å². The Labute approximate surface area is 392 Å². The zero-order valence-electron chi connectivity index (χ0n) is 41.2. The van der Waals surface area contributed by atoms with Crippen LogP contribution < -0.4 is 26.2 Å². The normalized spacial score (nSPS) is 19.0. The number of benzene rings is 5. The lowest BCUT2D eigenvalue weighted by atomic mass is 9.33. The van der Waals surface area contributed by atoms with E-state index in [4.69, 9.17) is 0 Å². The summed E-state index contributed by atoms with van der Waals surface area (Å²) >= 11 is 3.88. The van der Waals surface area contributed by atoms with E-state index in [1.165, 1.54) is 134 Å². The Morgan fingerprint density at radius 1 is 0.469 bits per heavy atom. The largest absolute Gasteiger partial charge is 0.311 e. The minimum absolute atomic E-state index is 0.0693. The fourth-order valence-electron chi connectivity index (χ4n) is 12.0. The highest BCUT2D eigenvalue weighted by Gasteiger charge is 2.48. The molecule has 328 valence electrons. The molecule has 0 atom stereocenters. The molecule has 2 aliphatic heterocycles. The Morgan fingerprint density at radius 2 is 0.984 bits per heavy atom. The number of nitrogens with zero attached hydrogens (tertiary/aromatic N) is 2. The average Bonchev–Trinajstić information content (AvgIpc) is 3.82. The van der Waals surface area contributed by atoms with Crippen molar-refractivity contribution >= 4 is 100 Å². The van der Waals surface area contributed by atoms with Gasteiger partial charge in [-0.1, -0.05) is 109 Å². The van der Waals surface area contributed by atoms with E-state index in [1.807, 2.05) is 22.7 Å². The summed E-state index contributed by atoms with van der Waals surface area (Å²) in [6.07, 6.45) is 4.77. The van der Waals surface area contributed by atoms with E-state index in [1.54, 1.807) is 0 Å². The molecular weight excluding hydrogens is 812 g/mol. The van der Waals surface area contributed by atoms with E-state index in [2.05, 4.69) is 199 Å². The van der Waals surface area contributed by atoms with Crippen molar-refractivity contribution in [1.82, 2.24) is 0 Å². The minimum Gasteiger partial charge on any atom is -0.311 e. The quantitative estimate of drug-likeness (QED) is 0.160. The Balaban J connectivity index is 1.28. The summed E-state index contributed by atoms with van der Waals surface area (Å²) < 4.78 is 2.73. The van der Waals surface area contributed by atoms with Gasteiger partial charge in [0.1, 0.15) is 0 Å². The van der Waals surface area contributed by atoms with Crippen molar-refractivity contribution in [2.24, 2.45) is 0 Å². The van der Waals surface area contributed by atoms with Gasteiger partial charge in [0.05, 0.1) is 0 Å². The zero-order chi connectivity index (χ0) is 45.4. The first-order chi connectivity index (χ1) is 29.8. The maximum atomic E-state index is 2.73. The third-order valence-corrected chi connectivity index (χ3v) is 18.8. The third-order valence-electron chi connectivity index (χ3n) is 16.3. The molecule has 4 heterocycles. The van der Waals surface area contributed by atoms with Crippen molar-refractivity contribution in [1.29, 1.82) is 0 Å². The van der Waals surface area contributed by atoms with Crippen LogP contribution >= 0.6 is 22.7 Å². The number of fused-ring (bicyclic) bond motifs is 8. The van der Waals surface area contributed by atoms with Gasteiger partial charge in [-0.2, -0.15) is 0 Å². The van der Waals surface area contributed by atoms with Crippen LogP contribution in [-0.2, 0) is 32.5 Å². The predicted octanol–water partition coefficient (Wildman–Crippen LogP) is 15.8. The molecule has 0 N–H and O–H groups in total. The fourth-order valence-corrected chi connectivity index (χ4v) is 14.0. The molecule has 0 saturated carbocycles. The molecule has 0 radical (unpaired) electrons. The summed E-state index contributed by atoms with van der Waals surface area (Å²) in [6, 6.07) is 35.4. The van der Waals surface area contributed by atoms with Gasteiger partial charge in [-0.15, -0.1) is 22.7 Å². The van der Waals surface area contributed by atoms with Crippen molar-refractivity contribution < 1.29 is 0 Å². The minimum atomic E-state index is -0.0873. The van der Waals surface area contributed by atoms with E-state index in [9.17, 15) is 0 Å². The van der Waals surface area contributed by atoms with E-state index in [-0.39, 0.29) is 39.2 Å². The van der Waals surface area contributed by atoms with Crippen LogP contribution in [0.15, 0.2) is 84.9 Å². The number of anilines is 6. The number of rotatable bonds is 2. The van der Waals surface area contributed by atoms with Crippen LogP contribution in [0.25, 0.3) is 20.2 Å². The molecular formula is C59H67BN2S2. The Bertz CT molecular complexity index is 3120. The molecule has 0 saturated heterocycles. The van der Waals surface area contributed by atoms with E-state index in [0.717, 1.165) is 0 Å². The van der Waals surface area contributed by atoms with Crippen molar-refractivity contribution in [3.05, 3.63) is 123 Å². The van der Waals surface area contributed by atoms with Crippen LogP contribution in [0.3, 0.4) is 0 Å². The lowest BCUT2D eigenvalue weighted by Gasteiger charge is -2.48. The lowest BCUT2D eigenvalue weighted by Crippen LogP contribution is -2.62. The molecule has 2 aliphatic carbocycles. The molecule has 2 aromatic heterocycles. The molecule has 0 spiro atoms. The highest BCUT2D eigenvalue weighted by atomic mass is 32.1. The van der Waals surface area contributed by atoms with E-state index in [0.29, 0.717) is 0 Å². The lowest BCUT2D eigenvalue weighted by molar-refractivity contribution is 0.332. The summed E-state index contributed by atoms with van der Waals surface area (Å²) in [4.78, 5) is 8.18. The summed E-state index contributed by atoms with van der Waals surface area (Å²) in [5.74, 6) is 0. The molecule has 4 aliphatic rings. The van der Waals surface area contributed by atoms with Gasteiger partial charge >= 0.3 is 0 Å². The Kier molecular flexibility index (Phi) is 8.87. The summed E-state index contributed by atoms with van der Waals surface area (Å²) in [6.45, 7) is 36.4. The van der Waals surface area contributed by atoms with Crippen LogP contribution in [0.2, 0.25) is 0 Å². The second-order valence-electron chi connectivity index (χ2n) is 24.9. The molecule has 2 nitrogen and oxygen atoms in total. The molecule has 5 heteroatoms. The van der Waals surface area contributed by atoms with Crippen molar-refractivity contribution in [3.8, 4) is 0 Å². The van der Waals surface area contributed by atoms with Gasteiger partial charge in [-0.05, 0) is 193 Å². The van der Waals surface area contributed by atoms with Gasteiger partial charge in [0.15, 0.2) is 0 Å². The number of hydrogen-bond acceptors (Lipinski definition) is 4. The molecule has 0 fully saturated rings. The number of hydrogen-bond donors (Lipinski definition) is 0. The van der Waals surface area contributed by atoms with Gasteiger partial charge in [-0.3, -0.25) is 0 Å². The highest BCUT2D eigenvalue weighted by molar-refractivity contribution is 7.19. The van der Waals surface area contributed by atoms with Crippen molar-refractivity contribution in [2.75, 3.05) is 9.80 Å². The second-order valence-corrected chi connectivity index (χ2v) is 27.3. The molecule has 7 aromatic rings. The summed E-state index contributed by atoms with van der Waals surface area (Å²) in [5, 5.41) is 2.66. The Hall–Kier alpha value is -4.32. The first kappa shape index (κ1) is 42.3. The smallest absolute Gasteiger partial charge is 0.252 e. The van der Waals surface area contributed by atoms with Gasteiger partial charge < -0.3 is 9.80 Å². The second kappa shape index (κ2) is 13.4. The van der Waals surface area contributed by atoms with Gasteiger partial charge in [-0.25, -0.2) is 0 Å². The van der Waals surface area contributed by atoms with Crippen LogP contribution in [0.4, 0.5) is 34.1 Å². The molecule has 0 bridgehead atoms. The van der Waals surface area contributed by atoms with Gasteiger partial charge in [0.2, 0.25) is 0 Å². The van der Waals surface area contributed by atoms with Crippen LogP contribution in [0.1, 0.15) is 160 Å². The standard InChI is InChI=1S/C59H67BN2S2/c1-34-24-35-26-46-45(33-51(35)63-34)60-44-31-42-43(59(14,15)23-22-58(42,12)13)32-47(44)62(39-16-18-40-41(30-39)57(10,11)21-20-56(40,8)9)49-29-37(54(2,3)4)28-48(53(49)60)61(46)38-17-19-50-36(25-38)27-52(64-50)55(5,6)7/h16-19,24-33H,20-23H2,1-15H3. The maximum absolute atomic E-state index is 2.73. The molecule has 11 rings (SSSR count). The van der Waals surface area contributed by atoms with Crippen LogP contribution in [-0.4, -0.2) is 6.71 Å². The van der Waals surface area contributed by atoms with Gasteiger partial charge in [0.25, 0.3) is 6.71 Å². The first-order valence-corrected chi connectivity index (χ1v) is 25.7. The van der Waals surface area contributed by atoms with Crippen molar-refractivity contribution in [3.63, 3.8) is 0 Å². The SMILES string of the molecule is Cc1cc2cc3c(cc2s1)B1c2cc4c(cc2N(c2ccc5c(c2)C(C)(C)CCC5(C)C)c2cc(C(C)(C)C)cc(c21)N3c1ccc2sc(C(C)(C)C)cc2c1)C(C)(C)CCC4(C)C. The highest BCUT2D eigenvalue weighted by Crippen LogP contribution is 2.53. The summed E-state index contributed by atoms with van der Waals surface area (Å²) in [7, 11) is 0. The number of aryl methyl sites for hydroxylation is 1. The zero-order valence-corrected chi connectivity index (χ0v) is 42.8. The average molecular weight is 879 g/mol. The van der Waals surface area contributed by atoms with Crippen molar-refractivity contribution in [2.45, 2.75) is 162 Å². The topological polar surface area (TPSA) is 6.48 Å². The van der Waals surface area contributed by atoms with E-state index >= 15 is 0 Å². The van der Waals surface area contributed by atoms with Gasteiger partial charge in [0, 0.05) is 53.3 Å². The third kappa shape index (κ3) is 6.29. The molecule has 0 unspecified atom stereocenters. The monoisotopic (exact) mass is 878 g/mol. The maximum Gasteiger partial charge on any atom is 0.252 e. The molecule has 0 amide bonds.